The minimum atomic E-state index is -0.627. The highest BCUT2D eigenvalue weighted by atomic mass is 16.8. The first kappa shape index (κ1) is 9.32. The molecule has 1 aliphatic rings. The summed E-state index contributed by atoms with van der Waals surface area (Å²) in [4.78, 5) is 10.8. The van der Waals surface area contributed by atoms with Crippen LogP contribution in [0.25, 0.3) is 0 Å². The second-order valence-electron chi connectivity index (χ2n) is 3.04. The normalized spacial score (nSPS) is 16.2. The third-order valence-corrected chi connectivity index (χ3v) is 1.37. The zero-order valence-corrected chi connectivity index (χ0v) is 7.41. The molecule has 1 saturated carbocycles. The Bertz CT molecular complexity index is 151. The molecule has 0 unspecified atom stereocenters. The Labute approximate surface area is 71.8 Å². The molecule has 0 radical (unpaired) electrons. The number of hydrogen-bond donors (Lipinski definition) is 0. The lowest BCUT2D eigenvalue weighted by Gasteiger charge is -2.07. The number of ether oxygens (including phenoxy) is 3. The Morgan fingerprint density at radius 3 is 2.67 bits per heavy atom. The van der Waals surface area contributed by atoms with E-state index in [0.29, 0.717) is 0 Å². The average molecular weight is 174 g/mol. The smallest absolute Gasteiger partial charge is 0.431 e. The molecule has 70 valence electrons. The van der Waals surface area contributed by atoms with Crippen LogP contribution in [0.3, 0.4) is 0 Å². The number of carbonyl (C=O) groups is 1. The van der Waals surface area contributed by atoms with Crippen molar-refractivity contribution in [1.29, 1.82) is 0 Å². The SMILES string of the molecule is CC(C)OCOC(=O)OC1CC1. The molecule has 0 aromatic carbocycles. The molecule has 0 atom stereocenters. The lowest BCUT2D eigenvalue weighted by Crippen LogP contribution is -2.14. The molecule has 4 nitrogen and oxygen atoms in total. The van der Waals surface area contributed by atoms with Gasteiger partial charge in [-0.2, -0.15) is 0 Å². The van der Waals surface area contributed by atoms with Crippen LogP contribution in [-0.4, -0.2) is 25.2 Å². The fourth-order valence-corrected chi connectivity index (χ4v) is 0.574. The summed E-state index contributed by atoms with van der Waals surface area (Å²) < 4.78 is 14.4. The van der Waals surface area contributed by atoms with E-state index >= 15 is 0 Å². The molecule has 1 rings (SSSR count). The van der Waals surface area contributed by atoms with E-state index < -0.39 is 6.16 Å². The quantitative estimate of drug-likeness (QED) is 0.480. The van der Waals surface area contributed by atoms with Crippen molar-refractivity contribution in [2.75, 3.05) is 6.79 Å². The van der Waals surface area contributed by atoms with Gasteiger partial charge < -0.3 is 14.2 Å². The van der Waals surface area contributed by atoms with E-state index in [1.807, 2.05) is 13.8 Å². The third kappa shape index (κ3) is 4.18. The summed E-state index contributed by atoms with van der Waals surface area (Å²) in [6, 6.07) is 0. The van der Waals surface area contributed by atoms with Gasteiger partial charge in [0.25, 0.3) is 0 Å². The van der Waals surface area contributed by atoms with Crippen LogP contribution in [0.1, 0.15) is 26.7 Å². The fourth-order valence-electron chi connectivity index (χ4n) is 0.574. The Morgan fingerprint density at radius 1 is 1.50 bits per heavy atom. The summed E-state index contributed by atoms with van der Waals surface area (Å²) in [5.74, 6) is 0. The van der Waals surface area contributed by atoms with Crippen molar-refractivity contribution in [3.8, 4) is 0 Å². The zero-order chi connectivity index (χ0) is 8.97. The van der Waals surface area contributed by atoms with Crippen LogP contribution in [0.2, 0.25) is 0 Å². The van der Waals surface area contributed by atoms with Crippen molar-refractivity contribution in [1.82, 2.24) is 0 Å². The lowest BCUT2D eigenvalue weighted by molar-refractivity contribution is -0.0676. The van der Waals surface area contributed by atoms with Crippen molar-refractivity contribution in [2.24, 2.45) is 0 Å². The Hall–Kier alpha value is -0.770. The third-order valence-electron chi connectivity index (χ3n) is 1.37. The molecule has 0 saturated heterocycles. The molecule has 0 heterocycles. The monoisotopic (exact) mass is 174 g/mol. The Kier molecular flexibility index (Phi) is 3.34. The van der Waals surface area contributed by atoms with E-state index in [2.05, 4.69) is 4.74 Å². The van der Waals surface area contributed by atoms with E-state index in [4.69, 9.17) is 9.47 Å². The van der Waals surface area contributed by atoms with Crippen molar-refractivity contribution in [2.45, 2.75) is 38.9 Å². The summed E-state index contributed by atoms with van der Waals surface area (Å²) >= 11 is 0. The van der Waals surface area contributed by atoms with Gasteiger partial charge in [0.1, 0.15) is 6.10 Å². The van der Waals surface area contributed by atoms with Crippen molar-refractivity contribution >= 4 is 6.16 Å². The minimum Gasteiger partial charge on any atom is -0.431 e. The van der Waals surface area contributed by atoms with Gasteiger partial charge in [-0.1, -0.05) is 0 Å². The maximum absolute atomic E-state index is 10.8. The van der Waals surface area contributed by atoms with Gasteiger partial charge in [-0.3, -0.25) is 0 Å². The minimum absolute atomic E-state index is 0.0246. The highest BCUT2D eigenvalue weighted by Crippen LogP contribution is 2.23. The maximum Gasteiger partial charge on any atom is 0.510 e. The molecule has 0 aliphatic heterocycles. The molecule has 0 bridgehead atoms. The van der Waals surface area contributed by atoms with E-state index in [-0.39, 0.29) is 19.0 Å². The van der Waals surface area contributed by atoms with Crippen LogP contribution in [0.5, 0.6) is 0 Å². The van der Waals surface area contributed by atoms with Crippen molar-refractivity contribution < 1.29 is 19.0 Å². The van der Waals surface area contributed by atoms with Gasteiger partial charge in [-0.25, -0.2) is 4.79 Å². The van der Waals surface area contributed by atoms with Gasteiger partial charge in [0, 0.05) is 0 Å². The van der Waals surface area contributed by atoms with E-state index in [1.165, 1.54) is 0 Å². The molecule has 1 fully saturated rings. The van der Waals surface area contributed by atoms with Gasteiger partial charge in [0.2, 0.25) is 0 Å². The molecular weight excluding hydrogens is 160 g/mol. The highest BCUT2D eigenvalue weighted by molar-refractivity contribution is 5.60. The molecule has 12 heavy (non-hydrogen) atoms. The molecule has 0 amide bonds. The first-order chi connectivity index (χ1) is 5.68. The summed E-state index contributed by atoms with van der Waals surface area (Å²) in [6.07, 6.45) is 1.45. The Balaban J connectivity index is 1.94. The van der Waals surface area contributed by atoms with Gasteiger partial charge in [-0.15, -0.1) is 0 Å². The standard InChI is InChI=1S/C8H14O4/c1-6(2)10-5-11-8(9)12-7-3-4-7/h6-7H,3-5H2,1-2H3. The van der Waals surface area contributed by atoms with Crippen molar-refractivity contribution in [3.05, 3.63) is 0 Å². The predicted octanol–water partition coefficient (Wildman–Crippen LogP) is 1.68. The molecule has 0 aromatic rings. The van der Waals surface area contributed by atoms with Gasteiger partial charge in [0.05, 0.1) is 6.10 Å². The van der Waals surface area contributed by atoms with Gasteiger partial charge in [-0.05, 0) is 26.7 Å². The largest absolute Gasteiger partial charge is 0.510 e. The van der Waals surface area contributed by atoms with Gasteiger partial charge >= 0.3 is 6.16 Å². The van der Waals surface area contributed by atoms with Crippen LogP contribution in [-0.2, 0) is 14.2 Å². The summed E-state index contributed by atoms with van der Waals surface area (Å²) in [5.41, 5.74) is 0. The average Bonchev–Trinajstić information content (AvgIpc) is 2.70. The molecular formula is C8H14O4. The van der Waals surface area contributed by atoms with Crippen LogP contribution in [0, 0.1) is 0 Å². The van der Waals surface area contributed by atoms with Crippen LogP contribution in [0.15, 0.2) is 0 Å². The maximum atomic E-state index is 10.8. The molecule has 0 spiro atoms. The van der Waals surface area contributed by atoms with E-state index in [1.54, 1.807) is 0 Å². The number of rotatable bonds is 4. The first-order valence-corrected chi connectivity index (χ1v) is 4.13. The summed E-state index contributed by atoms with van der Waals surface area (Å²) in [5, 5.41) is 0. The molecule has 0 aromatic heterocycles. The Morgan fingerprint density at radius 2 is 2.17 bits per heavy atom. The second kappa shape index (κ2) is 4.30. The summed E-state index contributed by atoms with van der Waals surface area (Å²) in [6.45, 7) is 3.72. The zero-order valence-electron chi connectivity index (χ0n) is 7.41. The van der Waals surface area contributed by atoms with E-state index in [0.717, 1.165) is 12.8 Å². The van der Waals surface area contributed by atoms with E-state index in [9.17, 15) is 4.79 Å². The van der Waals surface area contributed by atoms with Gasteiger partial charge in [0.15, 0.2) is 6.79 Å². The van der Waals surface area contributed by atoms with Crippen molar-refractivity contribution in [3.63, 3.8) is 0 Å². The highest BCUT2D eigenvalue weighted by Gasteiger charge is 2.26. The fraction of sp³-hybridized carbons (Fsp3) is 0.875. The molecule has 1 aliphatic carbocycles. The first-order valence-electron chi connectivity index (χ1n) is 4.13. The molecule has 4 heteroatoms. The van der Waals surface area contributed by atoms with Crippen LogP contribution in [0.4, 0.5) is 4.79 Å². The molecule has 0 N–H and O–H groups in total. The number of hydrogen-bond acceptors (Lipinski definition) is 4. The van der Waals surface area contributed by atoms with Crippen LogP contribution < -0.4 is 0 Å². The van der Waals surface area contributed by atoms with Crippen LogP contribution >= 0.6 is 0 Å². The second-order valence-corrected chi connectivity index (χ2v) is 3.04. The topological polar surface area (TPSA) is 44.8 Å². The number of carbonyl (C=O) groups excluding carboxylic acids is 1. The summed E-state index contributed by atoms with van der Waals surface area (Å²) in [7, 11) is 0. The predicted molar refractivity (Wildman–Crippen MR) is 41.7 cm³/mol. The lowest BCUT2D eigenvalue weighted by atomic mass is 10.5.